The standard InChI is InChI=1S/C26H23F3N2O3/c1-30-11-13-31(14-12-30)15-20-21(32)10-9-19-23(33)22(25(26(27,28)29)34-24(19)20)18-8-4-6-16-5-2-3-7-17(16)18/h2-10,32H,11-15H2,1H3/p+2. The van der Waals surface area contributed by atoms with Crippen LogP contribution in [0.4, 0.5) is 13.2 Å². The minimum atomic E-state index is -4.90. The molecule has 1 fully saturated rings. The van der Waals surface area contributed by atoms with E-state index < -0.39 is 22.9 Å². The molecule has 0 bridgehead atoms. The molecule has 0 atom stereocenters. The molecule has 0 aliphatic carbocycles. The maximum absolute atomic E-state index is 14.3. The van der Waals surface area contributed by atoms with Gasteiger partial charge in [-0.3, -0.25) is 4.79 Å². The quantitative estimate of drug-likeness (QED) is 0.431. The van der Waals surface area contributed by atoms with Crippen LogP contribution in [0, 0.1) is 0 Å². The van der Waals surface area contributed by atoms with Crippen molar-refractivity contribution in [1.82, 2.24) is 0 Å². The zero-order valence-electron chi connectivity index (χ0n) is 18.6. The molecule has 34 heavy (non-hydrogen) atoms. The van der Waals surface area contributed by atoms with Crippen LogP contribution in [-0.4, -0.2) is 38.3 Å². The van der Waals surface area contributed by atoms with Gasteiger partial charge in [-0.1, -0.05) is 42.5 Å². The van der Waals surface area contributed by atoms with Crippen LogP contribution in [0.3, 0.4) is 0 Å². The zero-order valence-corrected chi connectivity index (χ0v) is 18.6. The highest BCUT2D eigenvalue weighted by atomic mass is 19.4. The Morgan fingerprint density at radius 2 is 1.65 bits per heavy atom. The second kappa shape index (κ2) is 8.45. The number of aromatic hydroxyl groups is 1. The smallest absolute Gasteiger partial charge is 0.450 e. The molecule has 176 valence electrons. The van der Waals surface area contributed by atoms with Gasteiger partial charge in [-0.05, 0) is 28.5 Å². The van der Waals surface area contributed by atoms with Crippen LogP contribution in [0.25, 0.3) is 32.9 Å². The van der Waals surface area contributed by atoms with Crippen LogP contribution >= 0.6 is 0 Å². The third kappa shape index (κ3) is 3.93. The number of phenolic OH excluding ortho intramolecular Hbond substituents is 1. The van der Waals surface area contributed by atoms with Crippen molar-refractivity contribution in [3.63, 3.8) is 0 Å². The fraction of sp³-hybridized carbons (Fsp3) is 0.269. The molecule has 0 radical (unpaired) electrons. The Morgan fingerprint density at radius 3 is 2.38 bits per heavy atom. The van der Waals surface area contributed by atoms with Gasteiger partial charge in [0.15, 0.2) is 5.58 Å². The number of hydrogen-bond acceptors (Lipinski definition) is 3. The largest absolute Gasteiger partial charge is 0.507 e. The lowest BCUT2D eigenvalue weighted by Gasteiger charge is -2.27. The van der Waals surface area contributed by atoms with Gasteiger partial charge in [0.1, 0.15) is 38.5 Å². The summed E-state index contributed by atoms with van der Waals surface area (Å²) in [5, 5.41) is 11.8. The minimum absolute atomic E-state index is 0.0305. The highest BCUT2D eigenvalue weighted by molar-refractivity contribution is 5.99. The molecule has 2 heterocycles. The molecule has 3 N–H and O–H groups in total. The van der Waals surface area contributed by atoms with Crippen LogP contribution in [0.1, 0.15) is 11.3 Å². The van der Waals surface area contributed by atoms with Crippen molar-refractivity contribution in [3.05, 3.63) is 76.1 Å². The van der Waals surface area contributed by atoms with Gasteiger partial charge in [-0.15, -0.1) is 0 Å². The molecule has 4 aromatic rings. The Labute approximate surface area is 193 Å². The van der Waals surface area contributed by atoms with Crippen molar-refractivity contribution in [2.24, 2.45) is 0 Å². The van der Waals surface area contributed by atoms with Gasteiger partial charge in [-0.25, -0.2) is 0 Å². The predicted molar refractivity (Wildman–Crippen MR) is 123 cm³/mol. The molecule has 1 aliphatic rings. The van der Waals surface area contributed by atoms with E-state index in [1.54, 1.807) is 36.4 Å². The van der Waals surface area contributed by atoms with Crippen molar-refractivity contribution < 1.29 is 32.5 Å². The molecular formula is C26H25F3N2O3+2. The normalized spacial score (nSPS) is 19.1. The Hall–Kier alpha value is -3.36. The second-order valence-electron chi connectivity index (χ2n) is 8.98. The topological polar surface area (TPSA) is 59.3 Å². The van der Waals surface area contributed by atoms with E-state index in [0.29, 0.717) is 5.39 Å². The van der Waals surface area contributed by atoms with E-state index >= 15 is 0 Å². The van der Waals surface area contributed by atoms with Gasteiger partial charge in [0, 0.05) is 0 Å². The van der Waals surface area contributed by atoms with Gasteiger partial charge in [0.05, 0.1) is 23.6 Å². The van der Waals surface area contributed by atoms with E-state index in [2.05, 4.69) is 7.05 Å². The van der Waals surface area contributed by atoms with Crippen LogP contribution in [0.15, 0.2) is 63.8 Å². The molecule has 0 spiro atoms. The molecule has 3 aromatic carbocycles. The Bertz CT molecular complexity index is 1430. The number of halogens is 3. The van der Waals surface area contributed by atoms with E-state index in [1.807, 2.05) is 0 Å². The van der Waals surface area contributed by atoms with Gasteiger partial charge < -0.3 is 19.3 Å². The van der Waals surface area contributed by atoms with Crippen molar-refractivity contribution in [1.29, 1.82) is 0 Å². The molecule has 0 unspecified atom stereocenters. The summed E-state index contributed by atoms with van der Waals surface area (Å²) in [4.78, 5) is 16.1. The number of hydrogen-bond donors (Lipinski definition) is 3. The summed E-state index contributed by atoms with van der Waals surface area (Å²) in [5.74, 6) is -1.51. The molecule has 0 amide bonds. The van der Waals surface area contributed by atoms with E-state index in [4.69, 9.17) is 4.42 Å². The maximum atomic E-state index is 14.3. The summed E-state index contributed by atoms with van der Waals surface area (Å²) < 4.78 is 48.3. The Kier molecular flexibility index (Phi) is 5.58. The van der Waals surface area contributed by atoms with Crippen molar-refractivity contribution >= 4 is 21.7 Å². The third-order valence-electron chi connectivity index (χ3n) is 6.69. The molecule has 1 aromatic heterocycles. The highest BCUT2D eigenvalue weighted by Crippen LogP contribution is 2.40. The lowest BCUT2D eigenvalue weighted by atomic mass is 9.95. The van der Waals surface area contributed by atoms with Gasteiger partial charge in [0.25, 0.3) is 0 Å². The molecule has 1 saturated heterocycles. The summed E-state index contributed by atoms with van der Waals surface area (Å²) >= 11 is 0. The van der Waals surface area contributed by atoms with Gasteiger partial charge in [0.2, 0.25) is 11.2 Å². The first-order valence-electron chi connectivity index (χ1n) is 11.3. The number of piperazine rings is 1. The molecule has 8 heteroatoms. The fourth-order valence-corrected chi connectivity index (χ4v) is 4.82. The van der Waals surface area contributed by atoms with Crippen LogP contribution in [0.5, 0.6) is 5.75 Å². The van der Waals surface area contributed by atoms with Gasteiger partial charge >= 0.3 is 6.18 Å². The molecule has 0 saturated carbocycles. The number of phenols is 1. The molecule has 1 aliphatic heterocycles. The first-order chi connectivity index (χ1) is 16.2. The van der Waals surface area contributed by atoms with Crippen LogP contribution in [0.2, 0.25) is 0 Å². The summed E-state index contributed by atoms with van der Waals surface area (Å²) in [6, 6.07) is 14.6. The van der Waals surface area contributed by atoms with Crippen molar-refractivity contribution in [2.45, 2.75) is 12.7 Å². The van der Waals surface area contributed by atoms with Gasteiger partial charge in [-0.2, -0.15) is 13.2 Å². The number of quaternary nitrogens is 2. The summed E-state index contributed by atoms with van der Waals surface area (Å²) in [6.45, 7) is 3.75. The van der Waals surface area contributed by atoms with E-state index in [1.165, 1.54) is 23.1 Å². The number of fused-ring (bicyclic) bond motifs is 2. The van der Waals surface area contributed by atoms with Crippen molar-refractivity contribution in [2.75, 3.05) is 33.2 Å². The number of rotatable bonds is 3. The SMILES string of the molecule is C[NH+]1CC[NH+](Cc2c(O)ccc3c(=O)c(-c4cccc5ccccc45)c(C(F)(F)F)oc23)CC1. The van der Waals surface area contributed by atoms with E-state index in [0.717, 1.165) is 36.5 Å². The monoisotopic (exact) mass is 470 g/mol. The summed E-state index contributed by atoms with van der Waals surface area (Å²) in [6.07, 6.45) is -4.90. The number of likely N-dealkylation sites (N-methyl/N-ethyl adjacent to an activating group) is 1. The second-order valence-corrected chi connectivity index (χ2v) is 8.98. The predicted octanol–water partition coefficient (Wildman–Crippen LogP) is 2.25. The fourth-order valence-electron chi connectivity index (χ4n) is 4.82. The average molecular weight is 470 g/mol. The number of alkyl halides is 3. The summed E-state index contributed by atoms with van der Waals surface area (Å²) in [5.41, 5.74) is -1.06. The Morgan fingerprint density at radius 1 is 0.941 bits per heavy atom. The lowest BCUT2D eigenvalue weighted by molar-refractivity contribution is -1.01. The van der Waals surface area contributed by atoms with Crippen molar-refractivity contribution in [3.8, 4) is 16.9 Å². The van der Waals surface area contributed by atoms with Crippen LogP contribution < -0.4 is 15.2 Å². The number of benzene rings is 3. The zero-order chi connectivity index (χ0) is 24.0. The molecular weight excluding hydrogens is 445 g/mol. The summed E-state index contributed by atoms with van der Waals surface area (Å²) in [7, 11) is 2.09. The average Bonchev–Trinajstić information content (AvgIpc) is 2.81. The third-order valence-corrected chi connectivity index (χ3v) is 6.69. The van der Waals surface area contributed by atoms with E-state index in [-0.39, 0.29) is 34.4 Å². The Balaban J connectivity index is 1.76. The molecule has 5 rings (SSSR count). The number of nitrogens with one attached hydrogen (secondary N) is 2. The van der Waals surface area contributed by atoms with E-state index in [9.17, 15) is 23.1 Å². The van der Waals surface area contributed by atoms with Crippen LogP contribution in [-0.2, 0) is 12.7 Å². The minimum Gasteiger partial charge on any atom is -0.507 e. The first-order valence-corrected chi connectivity index (χ1v) is 11.3. The highest BCUT2D eigenvalue weighted by Gasteiger charge is 2.40. The lowest BCUT2D eigenvalue weighted by Crippen LogP contribution is -3.26. The first kappa shape index (κ1) is 22.4. The maximum Gasteiger partial charge on any atom is 0.450 e. The molecule has 5 nitrogen and oxygen atoms in total.